The fraction of sp³-hybridized carbons (Fsp3) is 0.385. The van der Waals surface area contributed by atoms with Gasteiger partial charge in [0.25, 0.3) is 0 Å². The Kier molecular flexibility index (Phi) is 3.43. The fourth-order valence-electron chi connectivity index (χ4n) is 1.40. The maximum atomic E-state index is 4.54. The van der Waals surface area contributed by atoms with Crippen LogP contribution in [0.2, 0.25) is 0 Å². The summed E-state index contributed by atoms with van der Waals surface area (Å²) in [5.41, 5.74) is 6.39. The van der Waals surface area contributed by atoms with Crippen LogP contribution >= 0.6 is 11.3 Å². The third-order valence-corrected chi connectivity index (χ3v) is 3.71. The summed E-state index contributed by atoms with van der Waals surface area (Å²) in [6.07, 6.45) is 0. The van der Waals surface area contributed by atoms with Crippen molar-refractivity contribution >= 4 is 32.4 Å². The van der Waals surface area contributed by atoms with E-state index in [9.17, 15) is 0 Å². The molecule has 0 fully saturated rings. The molecule has 0 aliphatic rings. The van der Waals surface area contributed by atoms with E-state index >= 15 is 0 Å². The molecule has 0 radical (unpaired) electrons. The first-order valence-electron chi connectivity index (χ1n) is 5.74. The average Bonchev–Trinajstić information content (AvgIpc) is 2.70. The smallest absolute Gasteiger partial charge is 0.204 e. The molecule has 1 heterocycles. The van der Waals surface area contributed by atoms with E-state index in [0.717, 1.165) is 16.4 Å². The Labute approximate surface area is 106 Å². The number of hydrogen-bond acceptors (Lipinski definition) is 4. The Hall–Kier alpha value is -1.42. The lowest BCUT2D eigenvalue weighted by Gasteiger charge is -2.02. The molecule has 0 atom stereocenters. The van der Waals surface area contributed by atoms with Crippen molar-refractivity contribution in [3.05, 3.63) is 23.8 Å². The molecule has 0 bridgehead atoms. The van der Waals surface area contributed by atoms with Crippen LogP contribution in [0.25, 0.3) is 10.2 Å². The lowest BCUT2D eigenvalue weighted by molar-refractivity contribution is 0.874. The molecule has 3 nitrogen and oxygen atoms in total. The summed E-state index contributed by atoms with van der Waals surface area (Å²) in [4.78, 5) is 4.54. The number of nitrogens with zero attached hydrogens (tertiary/aromatic N) is 2. The van der Waals surface area contributed by atoms with Crippen molar-refractivity contribution in [1.82, 2.24) is 4.98 Å². The van der Waals surface area contributed by atoms with Gasteiger partial charge in [-0.25, -0.2) is 4.98 Å². The minimum Gasteiger partial charge on any atom is -0.253 e. The van der Waals surface area contributed by atoms with Gasteiger partial charge in [0.05, 0.1) is 10.2 Å². The fourth-order valence-corrected chi connectivity index (χ4v) is 2.29. The first-order valence-corrected chi connectivity index (χ1v) is 6.56. The minimum absolute atomic E-state index is 0.457. The molecule has 2 rings (SSSR count). The zero-order valence-electron chi connectivity index (χ0n) is 10.6. The number of nitrogens with one attached hydrogen (secondary N) is 1. The highest BCUT2D eigenvalue weighted by atomic mass is 32.1. The summed E-state index contributed by atoms with van der Waals surface area (Å²) in [5.74, 6) is 0.457. The van der Waals surface area contributed by atoms with Gasteiger partial charge in [0.1, 0.15) is 0 Å². The van der Waals surface area contributed by atoms with Crippen LogP contribution in [0.3, 0.4) is 0 Å². The average molecular weight is 247 g/mol. The number of hydrogen-bond donors (Lipinski definition) is 1. The number of aromatic nitrogens is 1. The Morgan fingerprint density at radius 2 is 2.18 bits per heavy atom. The van der Waals surface area contributed by atoms with Crippen molar-refractivity contribution in [2.75, 3.05) is 5.43 Å². The summed E-state index contributed by atoms with van der Waals surface area (Å²) >= 11 is 1.64. The number of benzene rings is 1. The van der Waals surface area contributed by atoms with Gasteiger partial charge in [-0.15, -0.1) is 0 Å². The van der Waals surface area contributed by atoms with Gasteiger partial charge in [-0.1, -0.05) is 37.3 Å². The van der Waals surface area contributed by atoms with Gasteiger partial charge in [-0.05, 0) is 31.4 Å². The first-order chi connectivity index (χ1) is 8.08. The number of aryl methyl sites for hydroxylation is 1. The van der Waals surface area contributed by atoms with Crippen LogP contribution in [0.5, 0.6) is 0 Å². The van der Waals surface area contributed by atoms with Crippen LogP contribution in [0.4, 0.5) is 5.13 Å². The van der Waals surface area contributed by atoms with Gasteiger partial charge in [-0.2, -0.15) is 5.10 Å². The normalized spacial score (nSPS) is 12.4. The first kappa shape index (κ1) is 12.0. The van der Waals surface area contributed by atoms with Gasteiger partial charge >= 0.3 is 0 Å². The molecular formula is C13H17N3S. The number of thiazole rings is 1. The van der Waals surface area contributed by atoms with Crippen molar-refractivity contribution in [1.29, 1.82) is 0 Å². The second-order valence-corrected chi connectivity index (χ2v) is 5.49. The summed E-state index contributed by atoms with van der Waals surface area (Å²) in [7, 11) is 0. The van der Waals surface area contributed by atoms with E-state index in [1.807, 2.05) is 6.92 Å². The zero-order chi connectivity index (χ0) is 12.4. The van der Waals surface area contributed by atoms with Gasteiger partial charge in [-0.3, -0.25) is 5.43 Å². The van der Waals surface area contributed by atoms with Crippen LogP contribution in [-0.4, -0.2) is 10.7 Å². The van der Waals surface area contributed by atoms with Crippen LogP contribution in [-0.2, 0) is 0 Å². The zero-order valence-corrected chi connectivity index (χ0v) is 11.4. The van der Waals surface area contributed by atoms with Crippen molar-refractivity contribution < 1.29 is 0 Å². The monoisotopic (exact) mass is 247 g/mol. The maximum Gasteiger partial charge on any atom is 0.204 e. The topological polar surface area (TPSA) is 37.3 Å². The molecular weight excluding hydrogens is 230 g/mol. The van der Waals surface area contributed by atoms with Crippen molar-refractivity contribution in [2.45, 2.75) is 27.7 Å². The predicted octanol–water partition coefficient (Wildman–Crippen LogP) is 4.05. The molecule has 2 aromatic rings. The molecule has 1 aromatic carbocycles. The second-order valence-electron chi connectivity index (χ2n) is 4.46. The third kappa shape index (κ3) is 2.64. The Morgan fingerprint density at radius 3 is 2.82 bits per heavy atom. The van der Waals surface area contributed by atoms with Crippen molar-refractivity contribution in [3.8, 4) is 0 Å². The summed E-state index contributed by atoms with van der Waals surface area (Å²) in [5, 5.41) is 5.19. The van der Waals surface area contributed by atoms with Gasteiger partial charge < -0.3 is 0 Å². The minimum atomic E-state index is 0.457. The number of rotatable bonds is 3. The molecule has 0 amide bonds. The number of anilines is 1. The molecule has 0 spiro atoms. The van der Waals surface area contributed by atoms with E-state index < -0.39 is 0 Å². The molecule has 17 heavy (non-hydrogen) atoms. The van der Waals surface area contributed by atoms with Crippen LogP contribution in [0.15, 0.2) is 23.3 Å². The van der Waals surface area contributed by atoms with E-state index in [1.54, 1.807) is 11.3 Å². The Balaban J connectivity index is 2.26. The molecule has 0 saturated carbocycles. The molecule has 4 heteroatoms. The highest BCUT2D eigenvalue weighted by molar-refractivity contribution is 7.22. The molecule has 1 aromatic heterocycles. The Bertz CT molecular complexity index is 555. The SMILES string of the molecule is C/C(=N\Nc1nc2c(C)cccc2s1)C(C)C. The number of hydrazone groups is 1. The van der Waals surface area contributed by atoms with Gasteiger partial charge in [0.2, 0.25) is 5.13 Å². The standard InChI is InChI=1S/C13H17N3S/c1-8(2)10(4)15-16-13-14-12-9(3)6-5-7-11(12)17-13/h5-8H,1-4H3,(H,14,16)/b15-10+. The summed E-state index contributed by atoms with van der Waals surface area (Å²) in [6, 6.07) is 6.22. The lowest BCUT2D eigenvalue weighted by Crippen LogP contribution is -2.04. The third-order valence-electron chi connectivity index (χ3n) is 2.78. The van der Waals surface area contributed by atoms with E-state index in [2.05, 4.69) is 54.5 Å². The molecule has 0 aliphatic heterocycles. The number of fused-ring (bicyclic) bond motifs is 1. The number of para-hydroxylation sites is 1. The molecule has 1 N–H and O–H groups in total. The Morgan fingerprint density at radius 1 is 1.41 bits per heavy atom. The molecule has 90 valence electrons. The van der Waals surface area contributed by atoms with Gasteiger partial charge in [0.15, 0.2) is 0 Å². The van der Waals surface area contributed by atoms with Crippen LogP contribution in [0, 0.1) is 12.8 Å². The maximum absolute atomic E-state index is 4.54. The highest BCUT2D eigenvalue weighted by Gasteiger charge is 2.05. The largest absolute Gasteiger partial charge is 0.253 e. The van der Waals surface area contributed by atoms with Crippen molar-refractivity contribution in [2.24, 2.45) is 11.0 Å². The highest BCUT2D eigenvalue weighted by Crippen LogP contribution is 2.27. The van der Waals surface area contributed by atoms with E-state index in [0.29, 0.717) is 5.92 Å². The quantitative estimate of drug-likeness (QED) is 0.656. The summed E-state index contributed by atoms with van der Waals surface area (Å²) < 4.78 is 1.20. The van der Waals surface area contributed by atoms with E-state index in [4.69, 9.17) is 0 Å². The molecule has 0 saturated heterocycles. The van der Waals surface area contributed by atoms with Crippen molar-refractivity contribution in [3.63, 3.8) is 0 Å². The van der Waals surface area contributed by atoms with Crippen LogP contribution < -0.4 is 5.43 Å². The summed E-state index contributed by atoms with van der Waals surface area (Å²) in [6.45, 7) is 8.36. The van der Waals surface area contributed by atoms with E-state index in [1.165, 1.54) is 10.3 Å². The predicted molar refractivity (Wildman–Crippen MR) is 75.9 cm³/mol. The van der Waals surface area contributed by atoms with Crippen LogP contribution in [0.1, 0.15) is 26.3 Å². The molecule has 0 unspecified atom stereocenters. The second kappa shape index (κ2) is 4.84. The lowest BCUT2D eigenvalue weighted by atomic mass is 10.1. The van der Waals surface area contributed by atoms with E-state index in [-0.39, 0.29) is 0 Å². The molecule has 0 aliphatic carbocycles. The van der Waals surface area contributed by atoms with Gasteiger partial charge in [0, 0.05) is 5.71 Å².